The van der Waals surface area contributed by atoms with Crippen LogP contribution in [-0.4, -0.2) is 18.4 Å². The predicted molar refractivity (Wildman–Crippen MR) is 41.3 cm³/mol. The quantitative estimate of drug-likeness (QED) is 0.530. The Labute approximate surface area is 66.1 Å². The van der Waals surface area contributed by atoms with Crippen molar-refractivity contribution in [3.05, 3.63) is 0 Å². The van der Waals surface area contributed by atoms with Crippen LogP contribution in [0.2, 0.25) is 0 Å². The lowest BCUT2D eigenvalue weighted by atomic mass is 10.0. The number of carbonyl (C=O) groups is 1. The summed E-state index contributed by atoms with van der Waals surface area (Å²) in [5.74, 6) is -0.185. The number of primary amides is 1. The average Bonchev–Trinajstić information content (AvgIpc) is 1.86. The van der Waals surface area contributed by atoms with Crippen LogP contribution in [0.5, 0.6) is 0 Å². The third-order valence-corrected chi connectivity index (χ3v) is 1.28. The van der Waals surface area contributed by atoms with Crippen molar-refractivity contribution in [3.63, 3.8) is 0 Å². The van der Waals surface area contributed by atoms with Gasteiger partial charge in [0.1, 0.15) is 6.04 Å². The van der Waals surface area contributed by atoms with Crippen LogP contribution in [0.15, 0.2) is 0 Å². The van der Waals surface area contributed by atoms with Gasteiger partial charge in [-0.05, 0) is 12.3 Å². The molecule has 0 heterocycles. The highest BCUT2D eigenvalue weighted by Crippen LogP contribution is 2.03. The summed E-state index contributed by atoms with van der Waals surface area (Å²) in [5, 5.41) is 2.23. The van der Waals surface area contributed by atoms with Gasteiger partial charge in [0, 0.05) is 0 Å². The second-order valence-corrected chi connectivity index (χ2v) is 2.83. The largest absolute Gasteiger partial charge is 0.368 e. The fraction of sp³-hybridized carbons (Fsp3) is 0.714. The molecule has 0 saturated heterocycles. The smallest absolute Gasteiger partial charge is 0.309 e. The van der Waals surface area contributed by atoms with Crippen molar-refractivity contribution < 1.29 is 9.59 Å². The minimum atomic E-state index is -0.576. The van der Waals surface area contributed by atoms with Crippen LogP contribution in [0.25, 0.3) is 0 Å². The molecule has 0 aliphatic rings. The monoisotopic (exact) mass is 157 g/mol. The van der Waals surface area contributed by atoms with Gasteiger partial charge in [-0.25, -0.2) is 0 Å². The SMILES string of the molecule is CC(C)CC(N[C]=O)C(N)=O. The van der Waals surface area contributed by atoms with Crippen molar-refractivity contribution in [2.24, 2.45) is 11.7 Å². The highest BCUT2D eigenvalue weighted by molar-refractivity contribution is 5.81. The molecule has 0 rings (SSSR count). The Balaban J connectivity index is 3.88. The summed E-state index contributed by atoms with van der Waals surface area (Å²) >= 11 is 0. The molecular formula is C7H13N2O2. The highest BCUT2D eigenvalue weighted by Gasteiger charge is 2.15. The van der Waals surface area contributed by atoms with Crippen molar-refractivity contribution in [1.82, 2.24) is 5.32 Å². The van der Waals surface area contributed by atoms with Gasteiger partial charge in [-0.1, -0.05) is 13.8 Å². The minimum absolute atomic E-state index is 0.327. The molecule has 0 aromatic carbocycles. The molecule has 0 aliphatic carbocycles. The van der Waals surface area contributed by atoms with Crippen LogP contribution in [0, 0.1) is 5.92 Å². The summed E-state index contributed by atoms with van der Waals surface area (Å²) in [6, 6.07) is -0.576. The Kier molecular flexibility index (Phi) is 4.26. The molecule has 0 aliphatic heterocycles. The van der Waals surface area contributed by atoms with Crippen molar-refractivity contribution in [1.29, 1.82) is 0 Å². The van der Waals surface area contributed by atoms with Crippen LogP contribution < -0.4 is 11.1 Å². The lowest BCUT2D eigenvalue weighted by Crippen LogP contribution is -2.41. The molecule has 1 unspecified atom stereocenters. The van der Waals surface area contributed by atoms with Gasteiger partial charge in [-0.15, -0.1) is 0 Å². The average molecular weight is 157 g/mol. The highest BCUT2D eigenvalue weighted by atomic mass is 16.2. The first-order chi connectivity index (χ1) is 5.07. The fourth-order valence-electron chi connectivity index (χ4n) is 0.789. The maximum absolute atomic E-state index is 10.6. The van der Waals surface area contributed by atoms with Crippen molar-refractivity contribution in [2.45, 2.75) is 26.3 Å². The van der Waals surface area contributed by atoms with Gasteiger partial charge in [0.05, 0.1) is 0 Å². The first-order valence-electron chi connectivity index (χ1n) is 3.50. The molecule has 0 bridgehead atoms. The summed E-state index contributed by atoms with van der Waals surface area (Å²) in [6.07, 6.45) is 2.01. The van der Waals surface area contributed by atoms with Crippen LogP contribution in [0.1, 0.15) is 20.3 Å². The number of hydrogen-bond acceptors (Lipinski definition) is 2. The summed E-state index contributed by atoms with van der Waals surface area (Å²) in [4.78, 5) is 20.5. The van der Waals surface area contributed by atoms with Gasteiger partial charge in [0.15, 0.2) is 0 Å². The molecule has 0 aromatic rings. The number of nitrogens with one attached hydrogen (secondary N) is 1. The zero-order valence-electron chi connectivity index (χ0n) is 6.76. The summed E-state index contributed by atoms with van der Waals surface area (Å²) < 4.78 is 0. The summed E-state index contributed by atoms with van der Waals surface area (Å²) in [6.45, 7) is 3.89. The predicted octanol–water partition coefficient (Wildman–Crippen LogP) is -0.457. The Bertz CT molecular complexity index is 145. The van der Waals surface area contributed by atoms with E-state index in [4.69, 9.17) is 5.73 Å². The van der Waals surface area contributed by atoms with Crippen molar-refractivity contribution in [3.8, 4) is 0 Å². The minimum Gasteiger partial charge on any atom is -0.368 e. The van der Waals surface area contributed by atoms with Gasteiger partial charge in [-0.3, -0.25) is 9.59 Å². The lowest BCUT2D eigenvalue weighted by molar-refractivity contribution is -0.120. The third kappa shape index (κ3) is 4.36. The molecular weight excluding hydrogens is 144 g/mol. The Morgan fingerprint density at radius 3 is 2.45 bits per heavy atom. The molecule has 11 heavy (non-hydrogen) atoms. The molecule has 4 nitrogen and oxygen atoms in total. The van der Waals surface area contributed by atoms with E-state index in [0.717, 1.165) is 0 Å². The first-order valence-corrected chi connectivity index (χ1v) is 3.50. The Morgan fingerprint density at radius 1 is 1.64 bits per heavy atom. The molecule has 0 spiro atoms. The number of rotatable bonds is 5. The topological polar surface area (TPSA) is 72.2 Å². The van der Waals surface area contributed by atoms with Crippen molar-refractivity contribution in [2.75, 3.05) is 0 Å². The number of nitrogens with two attached hydrogens (primary N) is 1. The molecule has 0 fully saturated rings. The maximum Gasteiger partial charge on any atom is 0.309 e. The van der Waals surface area contributed by atoms with Gasteiger partial charge in [0.25, 0.3) is 0 Å². The molecule has 1 radical (unpaired) electrons. The molecule has 4 heteroatoms. The summed E-state index contributed by atoms with van der Waals surface area (Å²) in [7, 11) is 0. The molecule has 1 atom stereocenters. The molecule has 0 saturated carbocycles. The van der Waals surface area contributed by atoms with Crippen LogP contribution in [0.4, 0.5) is 0 Å². The van der Waals surface area contributed by atoms with Crippen LogP contribution in [0.3, 0.4) is 0 Å². The first kappa shape index (κ1) is 9.94. The second-order valence-electron chi connectivity index (χ2n) is 2.83. The van der Waals surface area contributed by atoms with E-state index in [1.165, 1.54) is 6.41 Å². The van der Waals surface area contributed by atoms with E-state index in [9.17, 15) is 9.59 Å². The summed E-state index contributed by atoms with van der Waals surface area (Å²) in [5.41, 5.74) is 4.99. The molecule has 3 N–H and O–H groups in total. The van der Waals surface area contributed by atoms with E-state index in [1.54, 1.807) is 0 Å². The Morgan fingerprint density at radius 2 is 2.18 bits per heavy atom. The van der Waals surface area contributed by atoms with Crippen molar-refractivity contribution >= 4 is 12.3 Å². The third-order valence-electron chi connectivity index (χ3n) is 1.28. The van der Waals surface area contributed by atoms with E-state index in [0.29, 0.717) is 12.3 Å². The van der Waals surface area contributed by atoms with E-state index in [2.05, 4.69) is 5.32 Å². The van der Waals surface area contributed by atoms with E-state index < -0.39 is 11.9 Å². The van der Waals surface area contributed by atoms with Gasteiger partial charge >= 0.3 is 6.41 Å². The molecule has 2 amide bonds. The normalized spacial score (nSPS) is 12.6. The van der Waals surface area contributed by atoms with Crippen LogP contribution >= 0.6 is 0 Å². The molecule has 63 valence electrons. The Hall–Kier alpha value is -1.06. The lowest BCUT2D eigenvalue weighted by Gasteiger charge is -2.13. The number of amides is 2. The zero-order chi connectivity index (χ0) is 8.85. The van der Waals surface area contributed by atoms with E-state index >= 15 is 0 Å². The fourth-order valence-corrected chi connectivity index (χ4v) is 0.789. The van der Waals surface area contributed by atoms with Gasteiger partial charge in [-0.2, -0.15) is 0 Å². The van der Waals surface area contributed by atoms with Gasteiger partial charge < -0.3 is 11.1 Å². The standard InChI is InChI=1S/C7H13N2O2/c1-5(2)3-6(7(8)11)9-4-10/h5-6H,3H2,1-2H3,(H2,8,11)(H,9,10). The maximum atomic E-state index is 10.6. The second kappa shape index (κ2) is 4.71. The van der Waals surface area contributed by atoms with E-state index in [-0.39, 0.29) is 0 Å². The molecule has 0 aromatic heterocycles. The zero-order valence-corrected chi connectivity index (χ0v) is 6.76. The number of hydrogen-bond donors (Lipinski definition) is 2. The van der Waals surface area contributed by atoms with Gasteiger partial charge in [0.2, 0.25) is 5.91 Å². The van der Waals surface area contributed by atoms with Crippen LogP contribution in [-0.2, 0) is 9.59 Å². The number of carbonyl (C=O) groups excluding carboxylic acids is 2. The van der Waals surface area contributed by atoms with E-state index in [1.807, 2.05) is 13.8 Å².